The average molecular weight is 325 g/mol. The molecule has 0 fully saturated rings. The number of carbonyl (C=O) groups excluding carboxylic acids is 1. The molecule has 0 amide bonds. The maximum absolute atomic E-state index is 11.9. The number of esters is 1. The van der Waals surface area contributed by atoms with Gasteiger partial charge in [-0.1, -0.05) is 24.3 Å². The van der Waals surface area contributed by atoms with Crippen molar-refractivity contribution in [3.63, 3.8) is 0 Å². The third kappa shape index (κ3) is 3.68. The first kappa shape index (κ1) is 15.9. The Hall–Kier alpha value is -2.96. The fraction of sp³-hybridized carbons (Fsp3) is 0.294. The van der Waals surface area contributed by atoms with E-state index in [4.69, 9.17) is 10.5 Å². The van der Waals surface area contributed by atoms with Crippen molar-refractivity contribution in [3.05, 3.63) is 42.2 Å². The number of rotatable bonds is 3. The zero-order chi connectivity index (χ0) is 17.3. The van der Waals surface area contributed by atoms with Crippen LogP contribution in [0.3, 0.4) is 0 Å². The summed E-state index contributed by atoms with van der Waals surface area (Å²) >= 11 is 0. The first-order chi connectivity index (χ1) is 11.3. The van der Waals surface area contributed by atoms with Gasteiger partial charge < -0.3 is 10.5 Å². The van der Waals surface area contributed by atoms with Crippen molar-refractivity contribution >= 4 is 17.6 Å². The van der Waals surface area contributed by atoms with Crippen molar-refractivity contribution < 1.29 is 9.53 Å². The normalized spacial score (nSPS) is 11.6. The van der Waals surface area contributed by atoms with Crippen molar-refractivity contribution in [1.29, 1.82) is 0 Å². The van der Waals surface area contributed by atoms with Crippen LogP contribution in [-0.4, -0.2) is 31.2 Å². The topological polar surface area (TPSA) is 95.4 Å². The Labute approximate surface area is 139 Å². The fourth-order valence-electron chi connectivity index (χ4n) is 2.30. The molecule has 0 aliphatic heterocycles. The lowest BCUT2D eigenvalue weighted by Crippen LogP contribution is -2.24. The molecule has 0 radical (unpaired) electrons. The van der Waals surface area contributed by atoms with Gasteiger partial charge in [-0.3, -0.25) is 9.78 Å². The summed E-state index contributed by atoms with van der Waals surface area (Å²) in [6.07, 6.45) is 3.62. The van der Waals surface area contributed by atoms with Gasteiger partial charge in [0.15, 0.2) is 5.65 Å². The molecule has 0 aliphatic rings. The van der Waals surface area contributed by atoms with Crippen molar-refractivity contribution in [2.24, 2.45) is 0 Å². The Bertz CT molecular complexity index is 878. The van der Waals surface area contributed by atoms with Crippen LogP contribution >= 0.6 is 0 Å². The predicted octanol–water partition coefficient (Wildman–Crippen LogP) is 2.26. The van der Waals surface area contributed by atoms with Gasteiger partial charge in [0, 0.05) is 5.56 Å². The lowest BCUT2D eigenvalue weighted by molar-refractivity contribution is -0.153. The number of ether oxygens (including phenoxy) is 1. The van der Waals surface area contributed by atoms with Gasteiger partial charge >= 0.3 is 5.97 Å². The monoisotopic (exact) mass is 325 g/mol. The molecule has 0 unspecified atom stereocenters. The van der Waals surface area contributed by atoms with Gasteiger partial charge in [-0.05, 0) is 26.3 Å². The molecule has 0 spiro atoms. The molecular weight excluding hydrogens is 306 g/mol. The summed E-state index contributed by atoms with van der Waals surface area (Å²) < 4.78 is 6.91. The summed E-state index contributed by atoms with van der Waals surface area (Å²) in [4.78, 5) is 20.3. The molecule has 2 heterocycles. The number of carbonyl (C=O) groups is 1. The number of aromatic nitrogens is 4. The third-order valence-electron chi connectivity index (χ3n) is 3.26. The number of anilines is 1. The molecular formula is C17H19N5O2. The Morgan fingerprint density at radius 2 is 1.96 bits per heavy atom. The summed E-state index contributed by atoms with van der Waals surface area (Å²) in [6, 6.07) is 7.60. The minimum absolute atomic E-state index is 0.210. The molecule has 24 heavy (non-hydrogen) atoms. The van der Waals surface area contributed by atoms with Crippen LogP contribution in [0.4, 0.5) is 5.95 Å². The van der Waals surface area contributed by atoms with Crippen LogP contribution in [0.2, 0.25) is 0 Å². The van der Waals surface area contributed by atoms with E-state index in [1.807, 2.05) is 45.0 Å². The molecule has 1 aromatic carbocycles. The van der Waals surface area contributed by atoms with Gasteiger partial charge in [0.05, 0.1) is 24.5 Å². The second kappa shape index (κ2) is 5.92. The van der Waals surface area contributed by atoms with E-state index in [9.17, 15) is 4.79 Å². The minimum atomic E-state index is -0.476. The molecule has 7 nitrogen and oxygen atoms in total. The zero-order valence-corrected chi connectivity index (χ0v) is 13.9. The van der Waals surface area contributed by atoms with Gasteiger partial charge in [-0.25, -0.2) is 4.52 Å². The molecule has 0 saturated carbocycles. The molecule has 3 aromatic rings. The van der Waals surface area contributed by atoms with Gasteiger partial charge in [0.2, 0.25) is 5.95 Å². The lowest BCUT2D eigenvalue weighted by Gasteiger charge is -2.19. The number of fused-ring (bicyclic) bond motifs is 1. The maximum atomic E-state index is 11.9. The molecule has 0 aliphatic carbocycles. The first-order valence-electron chi connectivity index (χ1n) is 7.59. The quantitative estimate of drug-likeness (QED) is 0.742. The highest BCUT2D eigenvalue weighted by Gasteiger charge is 2.16. The van der Waals surface area contributed by atoms with E-state index < -0.39 is 5.60 Å². The van der Waals surface area contributed by atoms with Gasteiger partial charge in [-0.2, -0.15) is 4.98 Å². The van der Waals surface area contributed by atoms with Gasteiger partial charge in [0.1, 0.15) is 5.60 Å². The number of hydrogen-bond donors (Lipinski definition) is 1. The molecule has 124 valence electrons. The number of nitrogen functional groups attached to an aromatic ring is 1. The Kier molecular flexibility index (Phi) is 3.92. The smallest absolute Gasteiger partial charge is 0.310 e. The standard InChI is InChI=1S/C17H19N5O2/c1-17(2,3)24-15(23)8-11-4-6-12(7-5-11)13-10-22-14(9-19-13)20-16(18)21-22/h4-7,9-10H,8H2,1-3H3,(H2,18,21). The second-order valence-electron chi connectivity index (χ2n) is 6.51. The van der Waals surface area contributed by atoms with E-state index >= 15 is 0 Å². The first-order valence-corrected chi connectivity index (χ1v) is 7.59. The van der Waals surface area contributed by atoms with E-state index in [1.54, 1.807) is 16.9 Å². The zero-order valence-electron chi connectivity index (χ0n) is 13.9. The molecule has 7 heteroatoms. The average Bonchev–Trinajstić information content (AvgIpc) is 2.85. The molecule has 3 rings (SSSR count). The molecule has 0 atom stereocenters. The van der Waals surface area contributed by atoms with E-state index in [2.05, 4.69) is 15.1 Å². The van der Waals surface area contributed by atoms with Crippen LogP contribution in [-0.2, 0) is 16.0 Å². The van der Waals surface area contributed by atoms with Crippen LogP contribution in [0.25, 0.3) is 16.9 Å². The Morgan fingerprint density at radius 3 is 2.62 bits per heavy atom. The van der Waals surface area contributed by atoms with E-state index in [-0.39, 0.29) is 18.3 Å². The van der Waals surface area contributed by atoms with Crippen LogP contribution in [0.5, 0.6) is 0 Å². The maximum Gasteiger partial charge on any atom is 0.310 e. The van der Waals surface area contributed by atoms with Crippen LogP contribution in [0.1, 0.15) is 26.3 Å². The number of hydrogen-bond acceptors (Lipinski definition) is 6. The number of nitrogens with zero attached hydrogens (tertiary/aromatic N) is 4. The van der Waals surface area contributed by atoms with E-state index in [1.165, 1.54) is 0 Å². The SMILES string of the molecule is CC(C)(C)OC(=O)Cc1ccc(-c2cn3nc(N)nc3cn2)cc1. The highest BCUT2D eigenvalue weighted by atomic mass is 16.6. The van der Waals surface area contributed by atoms with Crippen molar-refractivity contribution in [1.82, 2.24) is 19.6 Å². The number of benzene rings is 1. The predicted molar refractivity (Wildman–Crippen MR) is 90.2 cm³/mol. The van der Waals surface area contributed by atoms with Crippen molar-refractivity contribution in [2.75, 3.05) is 5.73 Å². The van der Waals surface area contributed by atoms with Gasteiger partial charge in [0.25, 0.3) is 0 Å². The number of nitrogens with two attached hydrogens (primary N) is 1. The second-order valence-corrected chi connectivity index (χ2v) is 6.51. The Balaban J connectivity index is 1.76. The van der Waals surface area contributed by atoms with Crippen LogP contribution < -0.4 is 5.73 Å². The summed E-state index contributed by atoms with van der Waals surface area (Å²) in [7, 11) is 0. The highest BCUT2D eigenvalue weighted by molar-refractivity contribution is 5.73. The van der Waals surface area contributed by atoms with E-state index in [0.29, 0.717) is 5.65 Å². The third-order valence-corrected chi connectivity index (χ3v) is 3.26. The lowest BCUT2D eigenvalue weighted by atomic mass is 10.1. The summed E-state index contributed by atoms with van der Waals surface area (Å²) in [6.45, 7) is 5.56. The summed E-state index contributed by atoms with van der Waals surface area (Å²) in [5.74, 6) is -0.0328. The molecule has 2 N–H and O–H groups in total. The highest BCUT2D eigenvalue weighted by Crippen LogP contribution is 2.19. The van der Waals surface area contributed by atoms with Crippen LogP contribution in [0, 0.1) is 0 Å². The molecule has 0 saturated heterocycles. The van der Waals surface area contributed by atoms with Crippen molar-refractivity contribution in [2.45, 2.75) is 32.8 Å². The summed E-state index contributed by atoms with van der Waals surface area (Å²) in [5, 5.41) is 4.07. The fourth-order valence-corrected chi connectivity index (χ4v) is 2.30. The van der Waals surface area contributed by atoms with Gasteiger partial charge in [-0.15, -0.1) is 5.10 Å². The molecule has 0 bridgehead atoms. The van der Waals surface area contributed by atoms with E-state index in [0.717, 1.165) is 16.8 Å². The van der Waals surface area contributed by atoms with Crippen molar-refractivity contribution in [3.8, 4) is 11.3 Å². The minimum Gasteiger partial charge on any atom is -0.460 e. The molecule has 2 aromatic heterocycles. The summed E-state index contributed by atoms with van der Waals surface area (Å²) in [5.41, 5.74) is 8.24. The largest absolute Gasteiger partial charge is 0.460 e. The Morgan fingerprint density at radius 1 is 1.25 bits per heavy atom. The van der Waals surface area contributed by atoms with Crippen LogP contribution in [0.15, 0.2) is 36.7 Å².